The molecule has 4 rings (SSSR count). The zero-order chi connectivity index (χ0) is 21.1. The Morgan fingerprint density at radius 3 is 1.73 bits per heavy atom. The molecule has 0 N–H and O–H groups in total. The van der Waals surface area contributed by atoms with Gasteiger partial charge < -0.3 is 23.7 Å². The van der Waals surface area contributed by atoms with E-state index in [4.69, 9.17) is 23.7 Å². The van der Waals surface area contributed by atoms with Crippen LogP contribution in [0.25, 0.3) is 22.3 Å². The van der Waals surface area contributed by atoms with Crippen molar-refractivity contribution in [1.82, 2.24) is 0 Å². The van der Waals surface area contributed by atoms with Crippen molar-refractivity contribution >= 4 is 0 Å². The molecular formula is C25H26O5. The molecule has 156 valence electrons. The molecule has 3 aromatic rings. The molecule has 0 aliphatic carbocycles. The Morgan fingerprint density at radius 2 is 1.23 bits per heavy atom. The lowest BCUT2D eigenvalue weighted by Crippen LogP contribution is -2.00. The summed E-state index contributed by atoms with van der Waals surface area (Å²) < 4.78 is 28.3. The van der Waals surface area contributed by atoms with E-state index in [9.17, 15) is 0 Å². The Morgan fingerprint density at radius 1 is 0.700 bits per heavy atom. The van der Waals surface area contributed by atoms with E-state index in [2.05, 4.69) is 19.1 Å². The number of benzene rings is 3. The molecule has 3 aromatic carbocycles. The lowest BCUT2D eigenvalue weighted by atomic mass is 9.87. The minimum Gasteiger partial charge on any atom is -0.497 e. The summed E-state index contributed by atoms with van der Waals surface area (Å²) >= 11 is 0. The van der Waals surface area contributed by atoms with Crippen LogP contribution in [0.3, 0.4) is 0 Å². The van der Waals surface area contributed by atoms with Gasteiger partial charge in [0.1, 0.15) is 11.5 Å². The van der Waals surface area contributed by atoms with Crippen molar-refractivity contribution in [2.24, 2.45) is 0 Å². The highest BCUT2D eigenvalue weighted by atomic mass is 16.7. The fraction of sp³-hybridized carbons (Fsp3) is 0.280. The molecule has 0 fully saturated rings. The number of hydrogen-bond acceptors (Lipinski definition) is 5. The van der Waals surface area contributed by atoms with E-state index in [-0.39, 0.29) is 6.79 Å². The molecule has 5 heteroatoms. The maximum atomic E-state index is 5.91. The van der Waals surface area contributed by atoms with Gasteiger partial charge in [0.15, 0.2) is 11.5 Å². The normalized spacial score (nSPS) is 12.0. The molecule has 0 unspecified atom stereocenters. The fourth-order valence-electron chi connectivity index (χ4n) is 3.96. The van der Waals surface area contributed by atoms with Gasteiger partial charge in [-0.2, -0.15) is 0 Å². The minimum atomic E-state index is 0.191. The average Bonchev–Trinajstić information content (AvgIpc) is 3.29. The Hall–Kier alpha value is -3.34. The van der Waals surface area contributed by atoms with Gasteiger partial charge in [0.05, 0.1) is 21.3 Å². The predicted octanol–water partition coefficient (Wildman–Crippen LogP) is 5.73. The first-order valence-electron chi connectivity index (χ1n) is 10.0. The molecule has 0 radical (unpaired) electrons. The number of ether oxygens (including phenoxy) is 5. The monoisotopic (exact) mass is 406 g/mol. The van der Waals surface area contributed by atoms with Crippen molar-refractivity contribution in [3.05, 3.63) is 54.1 Å². The van der Waals surface area contributed by atoms with E-state index in [1.807, 2.05) is 36.4 Å². The first kappa shape index (κ1) is 20.0. The van der Waals surface area contributed by atoms with Crippen molar-refractivity contribution < 1.29 is 23.7 Å². The minimum absolute atomic E-state index is 0.191. The van der Waals surface area contributed by atoms with Crippen LogP contribution in [-0.2, 0) is 6.42 Å². The van der Waals surface area contributed by atoms with Crippen LogP contribution < -0.4 is 23.7 Å². The zero-order valence-electron chi connectivity index (χ0n) is 17.8. The largest absolute Gasteiger partial charge is 0.497 e. The van der Waals surface area contributed by atoms with Gasteiger partial charge in [-0.25, -0.2) is 0 Å². The maximum absolute atomic E-state index is 5.91. The van der Waals surface area contributed by atoms with Crippen molar-refractivity contribution in [2.45, 2.75) is 19.8 Å². The van der Waals surface area contributed by atoms with Gasteiger partial charge in [0.2, 0.25) is 12.5 Å². The molecule has 0 amide bonds. The van der Waals surface area contributed by atoms with E-state index in [1.54, 1.807) is 21.3 Å². The molecule has 5 nitrogen and oxygen atoms in total. The SMILES string of the molecule is CCCc1c2c(c(OC)c(-c3ccc(OC)cc3)c1-c1ccc(OC)cc1)OCO2. The second-order valence-electron chi connectivity index (χ2n) is 7.03. The van der Waals surface area contributed by atoms with Crippen molar-refractivity contribution in [3.63, 3.8) is 0 Å². The van der Waals surface area contributed by atoms with Crippen LogP contribution in [0.15, 0.2) is 48.5 Å². The average molecular weight is 406 g/mol. The van der Waals surface area contributed by atoms with E-state index in [0.717, 1.165) is 57.9 Å². The molecule has 1 heterocycles. The van der Waals surface area contributed by atoms with E-state index in [0.29, 0.717) is 11.5 Å². The van der Waals surface area contributed by atoms with Gasteiger partial charge >= 0.3 is 0 Å². The molecule has 30 heavy (non-hydrogen) atoms. The summed E-state index contributed by atoms with van der Waals surface area (Å²) in [6.07, 6.45) is 1.84. The van der Waals surface area contributed by atoms with Crippen LogP contribution in [0.2, 0.25) is 0 Å². The summed E-state index contributed by atoms with van der Waals surface area (Å²) in [5.41, 5.74) is 5.29. The first-order chi connectivity index (χ1) is 14.7. The third-order valence-corrected chi connectivity index (χ3v) is 5.33. The number of methoxy groups -OCH3 is 3. The lowest BCUT2D eigenvalue weighted by Gasteiger charge is -2.21. The van der Waals surface area contributed by atoms with Gasteiger partial charge in [-0.05, 0) is 41.8 Å². The third kappa shape index (κ3) is 3.41. The molecule has 0 aromatic heterocycles. The topological polar surface area (TPSA) is 46.2 Å². The van der Waals surface area contributed by atoms with Crippen LogP contribution in [0, 0.1) is 0 Å². The fourth-order valence-corrected chi connectivity index (χ4v) is 3.96. The summed E-state index contributed by atoms with van der Waals surface area (Å²) in [6.45, 7) is 2.35. The van der Waals surface area contributed by atoms with E-state index in [1.165, 1.54) is 0 Å². The van der Waals surface area contributed by atoms with Gasteiger partial charge in [-0.1, -0.05) is 37.6 Å². The number of fused-ring (bicyclic) bond motifs is 1. The van der Waals surface area contributed by atoms with Gasteiger partial charge in [-0.3, -0.25) is 0 Å². The van der Waals surface area contributed by atoms with E-state index >= 15 is 0 Å². The highest BCUT2D eigenvalue weighted by Gasteiger charge is 2.31. The summed E-state index contributed by atoms with van der Waals surface area (Å²) in [7, 11) is 5.00. The standard InChI is InChI=1S/C25H26O5/c1-5-6-20-21(16-7-11-18(26-2)12-8-16)22(17-9-13-19(27-3)14-10-17)24(28-4)25-23(20)29-15-30-25/h7-14H,5-6,15H2,1-4H3. The molecular weight excluding hydrogens is 380 g/mol. The molecule has 0 saturated heterocycles. The lowest BCUT2D eigenvalue weighted by molar-refractivity contribution is 0.170. The second kappa shape index (κ2) is 8.57. The summed E-state index contributed by atoms with van der Waals surface area (Å²) in [4.78, 5) is 0. The van der Waals surface area contributed by atoms with Crippen LogP contribution in [0.4, 0.5) is 0 Å². The second-order valence-corrected chi connectivity index (χ2v) is 7.03. The smallest absolute Gasteiger partial charge is 0.231 e. The summed E-state index contributed by atoms with van der Waals surface area (Å²) in [6, 6.07) is 16.1. The van der Waals surface area contributed by atoms with Crippen LogP contribution >= 0.6 is 0 Å². The number of hydrogen-bond donors (Lipinski definition) is 0. The Balaban J connectivity index is 2.05. The quantitative estimate of drug-likeness (QED) is 0.502. The zero-order valence-corrected chi connectivity index (χ0v) is 17.8. The molecule has 0 atom stereocenters. The van der Waals surface area contributed by atoms with Crippen LogP contribution in [0.1, 0.15) is 18.9 Å². The van der Waals surface area contributed by atoms with Crippen LogP contribution in [-0.4, -0.2) is 28.1 Å². The summed E-state index contributed by atoms with van der Waals surface area (Å²) in [5.74, 6) is 3.74. The maximum Gasteiger partial charge on any atom is 0.231 e. The van der Waals surface area contributed by atoms with Gasteiger partial charge in [-0.15, -0.1) is 0 Å². The molecule has 1 aliphatic heterocycles. The van der Waals surface area contributed by atoms with Crippen molar-refractivity contribution in [3.8, 4) is 51.0 Å². The summed E-state index contributed by atoms with van der Waals surface area (Å²) in [5, 5.41) is 0. The number of rotatable bonds is 7. The highest BCUT2D eigenvalue weighted by Crippen LogP contribution is 2.55. The Kier molecular flexibility index (Phi) is 5.70. The predicted molar refractivity (Wildman–Crippen MR) is 117 cm³/mol. The highest BCUT2D eigenvalue weighted by molar-refractivity contribution is 5.94. The molecule has 1 aliphatic rings. The molecule has 0 spiro atoms. The van der Waals surface area contributed by atoms with Gasteiger partial charge in [0, 0.05) is 16.7 Å². The molecule has 0 saturated carbocycles. The van der Waals surface area contributed by atoms with Gasteiger partial charge in [0.25, 0.3) is 0 Å². The first-order valence-corrected chi connectivity index (χ1v) is 10.0. The van der Waals surface area contributed by atoms with Crippen LogP contribution in [0.5, 0.6) is 28.7 Å². The van der Waals surface area contributed by atoms with Crippen molar-refractivity contribution in [2.75, 3.05) is 28.1 Å². The van der Waals surface area contributed by atoms with E-state index < -0.39 is 0 Å². The Labute approximate surface area is 177 Å². The Bertz CT molecular complexity index is 1020. The van der Waals surface area contributed by atoms with Crippen molar-refractivity contribution in [1.29, 1.82) is 0 Å². The third-order valence-electron chi connectivity index (χ3n) is 5.33. The molecule has 0 bridgehead atoms.